The highest BCUT2D eigenvalue weighted by Crippen LogP contribution is 2.25. The van der Waals surface area contributed by atoms with Gasteiger partial charge in [0.25, 0.3) is 0 Å². The molecule has 4 nitrogen and oxygen atoms in total. The van der Waals surface area contributed by atoms with Crippen molar-refractivity contribution in [2.45, 2.75) is 32.4 Å². The van der Waals surface area contributed by atoms with E-state index < -0.39 is 0 Å². The van der Waals surface area contributed by atoms with E-state index in [-0.39, 0.29) is 12.1 Å². The first kappa shape index (κ1) is 12.9. The summed E-state index contributed by atoms with van der Waals surface area (Å²) in [4.78, 5) is 4.18. The molecule has 16 heavy (non-hydrogen) atoms. The van der Waals surface area contributed by atoms with Crippen molar-refractivity contribution in [3.8, 4) is 0 Å². The highest BCUT2D eigenvalue weighted by molar-refractivity contribution is 5.43. The number of rotatable bonds is 5. The van der Waals surface area contributed by atoms with Crippen molar-refractivity contribution < 1.29 is 4.74 Å². The van der Waals surface area contributed by atoms with Crippen LogP contribution in [-0.4, -0.2) is 25.2 Å². The minimum absolute atomic E-state index is 0.0856. The quantitative estimate of drug-likeness (QED) is 0.797. The normalized spacial score (nSPS) is 14.8. The number of hydrogen-bond donors (Lipinski definition) is 2. The molecule has 0 amide bonds. The van der Waals surface area contributed by atoms with E-state index >= 15 is 0 Å². The maximum atomic E-state index is 5.91. The molecule has 1 rings (SSSR count). The Kier molecular flexibility index (Phi) is 4.71. The minimum Gasteiger partial charge on any atom is -0.383 e. The number of pyridine rings is 1. The fourth-order valence-electron chi connectivity index (χ4n) is 1.93. The smallest absolute Gasteiger partial charge is 0.128 e. The van der Waals surface area contributed by atoms with Crippen LogP contribution in [0.4, 0.5) is 5.82 Å². The van der Waals surface area contributed by atoms with Gasteiger partial charge < -0.3 is 15.8 Å². The molecule has 1 aromatic rings. The summed E-state index contributed by atoms with van der Waals surface area (Å²) in [5.74, 6) is 0.570. The average molecular weight is 223 g/mol. The number of hydrogen-bond acceptors (Lipinski definition) is 4. The van der Waals surface area contributed by atoms with Gasteiger partial charge in [0.1, 0.15) is 5.82 Å². The maximum absolute atomic E-state index is 5.91. The van der Waals surface area contributed by atoms with Gasteiger partial charge in [-0.15, -0.1) is 0 Å². The summed E-state index contributed by atoms with van der Waals surface area (Å²) >= 11 is 0. The second-order valence-corrected chi connectivity index (χ2v) is 3.94. The van der Waals surface area contributed by atoms with Crippen LogP contribution in [-0.2, 0) is 4.74 Å². The molecule has 4 heteroatoms. The average Bonchev–Trinajstić information content (AvgIpc) is 2.29. The van der Waals surface area contributed by atoms with Gasteiger partial charge in [-0.3, -0.25) is 0 Å². The first-order valence-corrected chi connectivity index (χ1v) is 5.56. The lowest BCUT2D eigenvalue weighted by Crippen LogP contribution is -2.31. The summed E-state index contributed by atoms with van der Waals surface area (Å²) in [6.45, 7) is 4.11. The molecule has 0 aliphatic heterocycles. The topological polar surface area (TPSA) is 60.2 Å². The molecule has 0 aromatic carbocycles. The number of aryl methyl sites for hydroxylation is 1. The van der Waals surface area contributed by atoms with Crippen LogP contribution in [0.25, 0.3) is 0 Å². The third-order valence-electron chi connectivity index (χ3n) is 2.81. The number of ether oxygens (including phenoxy) is 1. The third kappa shape index (κ3) is 2.71. The largest absolute Gasteiger partial charge is 0.383 e. The Morgan fingerprint density at radius 3 is 2.75 bits per heavy atom. The van der Waals surface area contributed by atoms with Gasteiger partial charge in [-0.05, 0) is 32.0 Å². The monoisotopic (exact) mass is 223 g/mol. The Hall–Kier alpha value is -1.13. The van der Waals surface area contributed by atoms with Crippen molar-refractivity contribution in [3.63, 3.8) is 0 Å². The maximum Gasteiger partial charge on any atom is 0.128 e. The van der Waals surface area contributed by atoms with Crippen LogP contribution in [0, 0.1) is 6.92 Å². The van der Waals surface area contributed by atoms with Crippen LogP contribution in [0.5, 0.6) is 0 Å². The number of likely N-dealkylation sites (N-methyl/N-ethyl adjacent to an activating group) is 1. The molecule has 0 fully saturated rings. The van der Waals surface area contributed by atoms with Gasteiger partial charge in [0, 0.05) is 18.9 Å². The summed E-state index contributed by atoms with van der Waals surface area (Å²) in [7, 11) is 3.63. The molecular formula is C12H21N3O. The predicted octanol–water partition coefficient (Wildman–Crippen LogP) is 1.66. The van der Waals surface area contributed by atoms with E-state index in [1.54, 1.807) is 13.3 Å². The lowest BCUT2D eigenvalue weighted by atomic mass is 9.99. The zero-order valence-corrected chi connectivity index (χ0v) is 10.4. The molecule has 0 radical (unpaired) electrons. The lowest BCUT2D eigenvalue weighted by Gasteiger charge is -2.26. The van der Waals surface area contributed by atoms with Crippen molar-refractivity contribution in [3.05, 3.63) is 23.4 Å². The van der Waals surface area contributed by atoms with Gasteiger partial charge in [0.15, 0.2) is 0 Å². The Bertz CT molecular complexity index is 337. The minimum atomic E-state index is 0.0856. The summed E-state index contributed by atoms with van der Waals surface area (Å²) in [6, 6.07) is 2.15. The number of anilines is 1. The molecular weight excluding hydrogens is 202 g/mol. The van der Waals surface area contributed by atoms with Crippen molar-refractivity contribution in [1.82, 2.24) is 10.3 Å². The predicted molar refractivity (Wildman–Crippen MR) is 66.3 cm³/mol. The van der Waals surface area contributed by atoms with E-state index in [9.17, 15) is 0 Å². The number of nitrogens with one attached hydrogen (secondary N) is 1. The van der Waals surface area contributed by atoms with E-state index in [1.165, 1.54) is 0 Å². The second-order valence-electron chi connectivity index (χ2n) is 3.94. The molecule has 0 spiro atoms. The van der Waals surface area contributed by atoms with Gasteiger partial charge in [0.05, 0.1) is 12.1 Å². The molecule has 90 valence electrons. The van der Waals surface area contributed by atoms with Crippen LogP contribution >= 0.6 is 0 Å². The van der Waals surface area contributed by atoms with Crippen molar-refractivity contribution in [1.29, 1.82) is 0 Å². The first-order valence-electron chi connectivity index (χ1n) is 5.56. The van der Waals surface area contributed by atoms with Crippen LogP contribution in [0.1, 0.15) is 30.5 Å². The highest BCUT2D eigenvalue weighted by atomic mass is 16.5. The number of nitrogens with zero attached hydrogens (tertiary/aromatic N) is 1. The van der Waals surface area contributed by atoms with Gasteiger partial charge in [-0.2, -0.15) is 0 Å². The van der Waals surface area contributed by atoms with Crippen molar-refractivity contribution >= 4 is 5.82 Å². The Morgan fingerprint density at radius 1 is 1.56 bits per heavy atom. The number of nitrogen functional groups attached to an aromatic ring is 1. The molecule has 0 saturated heterocycles. The van der Waals surface area contributed by atoms with Gasteiger partial charge >= 0.3 is 0 Å². The molecule has 2 unspecified atom stereocenters. The van der Waals surface area contributed by atoms with Crippen LogP contribution in [0.15, 0.2) is 12.3 Å². The third-order valence-corrected chi connectivity index (χ3v) is 2.81. The number of nitrogens with two attached hydrogens (primary N) is 1. The summed E-state index contributed by atoms with van der Waals surface area (Å²) < 4.78 is 5.46. The second kappa shape index (κ2) is 5.82. The molecule has 2 atom stereocenters. The van der Waals surface area contributed by atoms with Gasteiger partial charge in [-0.25, -0.2) is 4.98 Å². The Labute approximate surface area is 97.2 Å². The number of aromatic nitrogens is 1. The summed E-state index contributed by atoms with van der Waals surface area (Å²) in [5, 5.41) is 3.24. The lowest BCUT2D eigenvalue weighted by molar-refractivity contribution is 0.0677. The van der Waals surface area contributed by atoms with Crippen molar-refractivity contribution in [2.24, 2.45) is 0 Å². The van der Waals surface area contributed by atoms with Gasteiger partial charge in [0.2, 0.25) is 0 Å². The fourth-order valence-corrected chi connectivity index (χ4v) is 1.93. The van der Waals surface area contributed by atoms with Crippen LogP contribution in [0.3, 0.4) is 0 Å². The zero-order valence-electron chi connectivity index (χ0n) is 10.4. The Morgan fingerprint density at radius 2 is 2.25 bits per heavy atom. The molecule has 3 N–H and O–H groups in total. The van der Waals surface area contributed by atoms with Crippen molar-refractivity contribution in [2.75, 3.05) is 19.9 Å². The summed E-state index contributed by atoms with van der Waals surface area (Å²) in [6.07, 6.45) is 2.81. The molecule has 1 aromatic heterocycles. The van der Waals surface area contributed by atoms with E-state index in [0.29, 0.717) is 5.82 Å². The SMILES string of the molecule is CCC(OC)C(NC)c1cc(C)cnc1N. The van der Waals surface area contributed by atoms with Crippen LogP contribution in [0.2, 0.25) is 0 Å². The molecule has 0 aliphatic carbocycles. The first-order chi connectivity index (χ1) is 7.63. The van der Waals surface area contributed by atoms with E-state index in [1.807, 2.05) is 14.0 Å². The molecule has 0 aliphatic rings. The zero-order chi connectivity index (χ0) is 12.1. The van der Waals surface area contributed by atoms with E-state index in [0.717, 1.165) is 17.5 Å². The molecule has 0 saturated carbocycles. The standard InChI is InChI=1S/C12H21N3O/c1-5-10(16-4)11(14-3)9-6-8(2)7-15-12(9)13/h6-7,10-11,14H,5H2,1-4H3,(H2,13,15). The van der Waals surface area contributed by atoms with Gasteiger partial charge in [-0.1, -0.05) is 6.92 Å². The summed E-state index contributed by atoms with van der Waals surface area (Å²) in [5.41, 5.74) is 8.02. The number of methoxy groups -OCH3 is 1. The fraction of sp³-hybridized carbons (Fsp3) is 0.583. The Balaban J connectivity index is 3.06. The highest BCUT2D eigenvalue weighted by Gasteiger charge is 2.22. The molecule has 0 bridgehead atoms. The molecule has 1 heterocycles. The van der Waals surface area contributed by atoms with E-state index in [4.69, 9.17) is 10.5 Å². The van der Waals surface area contributed by atoms with Crippen LogP contribution < -0.4 is 11.1 Å². The van der Waals surface area contributed by atoms with E-state index in [2.05, 4.69) is 23.3 Å².